The Kier molecular flexibility index (Phi) is 7.89. The molecule has 7 heteroatoms. The van der Waals surface area contributed by atoms with Gasteiger partial charge < -0.3 is 11.1 Å². The van der Waals surface area contributed by atoms with Crippen LogP contribution in [0.25, 0.3) is 0 Å². The first-order valence-electron chi connectivity index (χ1n) is 6.82. The molecule has 3 N–H and O–H groups in total. The highest BCUT2D eigenvalue weighted by atomic mass is 35.5. The molecule has 2 aromatic rings. The van der Waals surface area contributed by atoms with E-state index in [1.165, 1.54) is 16.2 Å². The van der Waals surface area contributed by atoms with Gasteiger partial charge in [0.25, 0.3) is 5.91 Å². The summed E-state index contributed by atoms with van der Waals surface area (Å²) < 4.78 is 0. The number of nitrogens with zero attached hydrogens (tertiary/aromatic N) is 1. The molecule has 120 valence electrons. The van der Waals surface area contributed by atoms with E-state index in [1.54, 1.807) is 17.1 Å². The van der Waals surface area contributed by atoms with Gasteiger partial charge in [-0.3, -0.25) is 4.79 Å². The van der Waals surface area contributed by atoms with Crippen molar-refractivity contribution in [2.24, 2.45) is 5.73 Å². The van der Waals surface area contributed by atoms with Crippen LogP contribution in [-0.2, 0) is 6.54 Å². The fraction of sp³-hybridized carbons (Fsp3) is 0.333. The van der Waals surface area contributed by atoms with Crippen LogP contribution in [0.1, 0.15) is 40.9 Å². The molecular formula is C15H20ClN3OS2. The third-order valence-corrected chi connectivity index (χ3v) is 4.76. The predicted octanol–water partition coefficient (Wildman–Crippen LogP) is 3.63. The number of nitrogens with two attached hydrogens (primary N) is 1. The summed E-state index contributed by atoms with van der Waals surface area (Å²) in [7, 11) is 0. The Balaban J connectivity index is 0.00000242. The lowest BCUT2D eigenvalue weighted by atomic mass is 10.1. The van der Waals surface area contributed by atoms with Crippen LogP contribution in [0.3, 0.4) is 0 Å². The molecule has 0 saturated heterocycles. The van der Waals surface area contributed by atoms with Crippen LogP contribution in [0.15, 0.2) is 34.5 Å². The van der Waals surface area contributed by atoms with Crippen LogP contribution in [0, 0.1) is 0 Å². The standard InChI is InChI=1S/C15H19N3OS2.ClH/c1-3-20-12-6-4-11(5-7-12)10(2)17-15(19)13-9-21-14(8-16)18-13;/h4-7,9-10H,3,8,16H2,1-2H3,(H,17,19);1H. The molecule has 0 aliphatic rings. The second-order valence-corrected chi connectivity index (χ2v) is 6.81. The van der Waals surface area contributed by atoms with Crippen molar-refractivity contribution in [3.8, 4) is 0 Å². The lowest BCUT2D eigenvalue weighted by molar-refractivity contribution is 0.0935. The van der Waals surface area contributed by atoms with Gasteiger partial charge >= 0.3 is 0 Å². The quantitative estimate of drug-likeness (QED) is 0.774. The van der Waals surface area contributed by atoms with Crippen LogP contribution in [0.2, 0.25) is 0 Å². The third kappa shape index (κ3) is 4.98. The van der Waals surface area contributed by atoms with Crippen molar-refractivity contribution >= 4 is 41.4 Å². The maximum absolute atomic E-state index is 12.1. The molecule has 1 amide bonds. The highest BCUT2D eigenvalue weighted by molar-refractivity contribution is 7.99. The molecule has 1 aromatic carbocycles. The molecule has 2 rings (SSSR count). The SMILES string of the molecule is CCSc1ccc(C(C)NC(=O)c2csc(CN)n2)cc1.Cl. The second-order valence-electron chi connectivity index (χ2n) is 4.53. The van der Waals surface area contributed by atoms with Gasteiger partial charge in [-0.15, -0.1) is 35.5 Å². The van der Waals surface area contributed by atoms with Gasteiger partial charge in [0.1, 0.15) is 10.7 Å². The lowest BCUT2D eigenvalue weighted by Crippen LogP contribution is -2.27. The molecule has 22 heavy (non-hydrogen) atoms. The predicted molar refractivity (Wildman–Crippen MR) is 96.0 cm³/mol. The van der Waals surface area contributed by atoms with E-state index in [4.69, 9.17) is 5.73 Å². The number of hydrogen-bond acceptors (Lipinski definition) is 5. The maximum atomic E-state index is 12.1. The molecule has 0 aliphatic carbocycles. The largest absolute Gasteiger partial charge is 0.344 e. The molecule has 1 atom stereocenters. The molecule has 0 bridgehead atoms. The molecule has 0 saturated carbocycles. The number of nitrogens with one attached hydrogen (secondary N) is 1. The van der Waals surface area contributed by atoms with Gasteiger partial charge in [0.2, 0.25) is 0 Å². The maximum Gasteiger partial charge on any atom is 0.271 e. The van der Waals surface area contributed by atoms with Crippen molar-refractivity contribution in [2.45, 2.75) is 31.3 Å². The summed E-state index contributed by atoms with van der Waals surface area (Å²) in [6.07, 6.45) is 0. The number of hydrogen-bond donors (Lipinski definition) is 2. The van der Waals surface area contributed by atoms with Crippen molar-refractivity contribution in [2.75, 3.05) is 5.75 Å². The number of rotatable bonds is 6. The molecule has 4 nitrogen and oxygen atoms in total. The van der Waals surface area contributed by atoms with E-state index >= 15 is 0 Å². The Bertz CT molecular complexity index is 601. The number of carbonyl (C=O) groups is 1. The zero-order chi connectivity index (χ0) is 15.2. The smallest absolute Gasteiger partial charge is 0.271 e. The van der Waals surface area contributed by atoms with Crippen LogP contribution < -0.4 is 11.1 Å². The van der Waals surface area contributed by atoms with Crippen LogP contribution >= 0.6 is 35.5 Å². The van der Waals surface area contributed by atoms with Crippen LogP contribution in [0.5, 0.6) is 0 Å². The molecule has 1 heterocycles. The topological polar surface area (TPSA) is 68.0 Å². The number of aromatic nitrogens is 1. The number of thiazole rings is 1. The highest BCUT2D eigenvalue weighted by Gasteiger charge is 2.14. The van der Waals surface area contributed by atoms with Gasteiger partial charge in [-0.05, 0) is 30.4 Å². The Hall–Kier alpha value is -1.08. The van der Waals surface area contributed by atoms with Crippen molar-refractivity contribution in [1.29, 1.82) is 0 Å². The van der Waals surface area contributed by atoms with Crippen molar-refractivity contribution in [3.63, 3.8) is 0 Å². The second kappa shape index (κ2) is 9.15. The Labute approximate surface area is 145 Å². The molecule has 0 aliphatic heterocycles. The summed E-state index contributed by atoms with van der Waals surface area (Å²) in [5.74, 6) is 0.893. The van der Waals surface area contributed by atoms with E-state index in [0.29, 0.717) is 12.2 Å². The molecule has 1 unspecified atom stereocenters. The highest BCUT2D eigenvalue weighted by Crippen LogP contribution is 2.21. The summed E-state index contributed by atoms with van der Waals surface area (Å²) >= 11 is 3.21. The Morgan fingerprint density at radius 1 is 1.41 bits per heavy atom. The average molecular weight is 358 g/mol. The van der Waals surface area contributed by atoms with E-state index in [-0.39, 0.29) is 24.4 Å². The minimum Gasteiger partial charge on any atom is -0.344 e. The fourth-order valence-electron chi connectivity index (χ4n) is 1.88. The summed E-state index contributed by atoms with van der Waals surface area (Å²) in [5, 5.41) is 5.47. The number of halogens is 1. The number of carbonyl (C=O) groups excluding carboxylic acids is 1. The van der Waals surface area contributed by atoms with Crippen molar-refractivity contribution in [3.05, 3.63) is 45.9 Å². The summed E-state index contributed by atoms with van der Waals surface area (Å²) in [4.78, 5) is 17.5. The van der Waals surface area contributed by atoms with Gasteiger partial charge in [0.15, 0.2) is 0 Å². The zero-order valence-electron chi connectivity index (χ0n) is 12.5. The summed E-state index contributed by atoms with van der Waals surface area (Å²) in [6.45, 7) is 4.46. The molecule has 0 spiro atoms. The minimum atomic E-state index is -0.162. The lowest BCUT2D eigenvalue weighted by Gasteiger charge is -2.14. The molecular weight excluding hydrogens is 338 g/mol. The average Bonchev–Trinajstić information content (AvgIpc) is 2.97. The third-order valence-electron chi connectivity index (χ3n) is 3.00. The van der Waals surface area contributed by atoms with Gasteiger partial charge in [0, 0.05) is 16.8 Å². The molecule has 0 fully saturated rings. The van der Waals surface area contributed by atoms with E-state index in [0.717, 1.165) is 16.3 Å². The molecule has 0 radical (unpaired) electrons. The first-order valence-corrected chi connectivity index (χ1v) is 8.68. The van der Waals surface area contributed by atoms with E-state index < -0.39 is 0 Å². The number of benzene rings is 1. The van der Waals surface area contributed by atoms with Crippen molar-refractivity contribution in [1.82, 2.24) is 10.3 Å². The first kappa shape index (κ1) is 19.0. The van der Waals surface area contributed by atoms with Gasteiger partial charge in [-0.2, -0.15) is 0 Å². The van der Waals surface area contributed by atoms with E-state index in [1.807, 2.05) is 6.92 Å². The minimum absolute atomic E-state index is 0. The number of amides is 1. The summed E-state index contributed by atoms with van der Waals surface area (Å²) in [5.41, 5.74) is 7.03. The monoisotopic (exact) mass is 357 g/mol. The van der Waals surface area contributed by atoms with Gasteiger partial charge in [-0.25, -0.2) is 4.98 Å². The van der Waals surface area contributed by atoms with Crippen LogP contribution in [0.4, 0.5) is 0 Å². The Morgan fingerprint density at radius 2 is 2.09 bits per heavy atom. The van der Waals surface area contributed by atoms with Gasteiger partial charge in [0.05, 0.1) is 6.04 Å². The zero-order valence-corrected chi connectivity index (χ0v) is 15.0. The van der Waals surface area contributed by atoms with E-state index in [2.05, 4.69) is 41.5 Å². The Morgan fingerprint density at radius 3 is 2.64 bits per heavy atom. The first-order chi connectivity index (χ1) is 10.1. The van der Waals surface area contributed by atoms with Crippen molar-refractivity contribution < 1.29 is 4.79 Å². The van der Waals surface area contributed by atoms with Crippen LogP contribution in [-0.4, -0.2) is 16.6 Å². The summed E-state index contributed by atoms with van der Waals surface area (Å²) in [6, 6.07) is 8.22. The number of thioether (sulfide) groups is 1. The van der Waals surface area contributed by atoms with Gasteiger partial charge in [-0.1, -0.05) is 19.1 Å². The molecule has 1 aromatic heterocycles. The normalized spacial score (nSPS) is 11.6. The van der Waals surface area contributed by atoms with E-state index in [9.17, 15) is 4.79 Å². The fourth-order valence-corrected chi connectivity index (χ4v) is 3.20.